The van der Waals surface area contributed by atoms with Gasteiger partial charge in [-0.3, -0.25) is 14.9 Å². The smallest absolute Gasteiger partial charge is 0.344 e. The van der Waals surface area contributed by atoms with E-state index in [9.17, 15) is 19.7 Å². The molecule has 0 saturated heterocycles. The van der Waals surface area contributed by atoms with Crippen molar-refractivity contribution in [1.82, 2.24) is 0 Å². The summed E-state index contributed by atoms with van der Waals surface area (Å²) in [4.78, 5) is 33.8. The van der Waals surface area contributed by atoms with Crippen molar-refractivity contribution in [2.24, 2.45) is 0 Å². The van der Waals surface area contributed by atoms with E-state index in [1.54, 1.807) is 0 Å². The Morgan fingerprint density at radius 1 is 1.04 bits per heavy atom. The number of benzene rings is 2. The van der Waals surface area contributed by atoms with E-state index < -0.39 is 30.0 Å². The molecule has 0 spiro atoms. The lowest BCUT2D eigenvalue weighted by atomic mass is 10.2. The van der Waals surface area contributed by atoms with E-state index in [-0.39, 0.29) is 27.2 Å². The van der Waals surface area contributed by atoms with Crippen molar-refractivity contribution in [3.05, 3.63) is 61.6 Å². The second kappa shape index (κ2) is 9.40. The van der Waals surface area contributed by atoms with Gasteiger partial charge in [0.25, 0.3) is 11.6 Å². The summed E-state index contributed by atoms with van der Waals surface area (Å²) < 4.78 is 9.91. The lowest BCUT2D eigenvalue weighted by Gasteiger charge is -2.09. The minimum atomic E-state index is -0.836. The highest BCUT2D eigenvalue weighted by molar-refractivity contribution is 6.35. The summed E-state index contributed by atoms with van der Waals surface area (Å²) in [6.07, 6.45) is 0. The van der Waals surface area contributed by atoms with E-state index in [1.165, 1.54) is 30.3 Å². The van der Waals surface area contributed by atoms with Crippen molar-refractivity contribution in [3.8, 4) is 5.75 Å². The highest BCUT2D eigenvalue weighted by Gasteiger charge is 2.17. The van der Waals surface area contributed by atoms with Gasteiger partial charge in [-0.2, -0.15) is 0 Å². The SMILES string of the molecule is O=C(COC(=O)COc1ccc(Cl)cc1Cl)Nc1cc(Cl)ccc1[N+](=O)[O-]. The maximum atomic E-state index is 11.8. The molecule has 0 atom stereocenters. The van der Waals surface area contributed by atoms with Crippen LogP contribution < -0.4 is 10.1 Å². The van der Waals surface area contributed by atoms with Crippen LogP contribution in [0.3, 0.4) is 0 Å². The number of ether oxygens (including phenoxy) is 2. The summed E-state index contributed by atoms with van der Waals surface area (Å²) in [5.74, 6) is -1.40. The van der Waals surface area contributed by atoms with Gasteiger partial charge in [0, 0.05) is 16.1 Å². The number of esters is 1. The Kier molecular flexibility index (Phi) is 7.23. The number of anilines is 1. The van der Waals surface area contributed by atoms with Crippen LogP contribution in [0.4, 0.5) is 11.4 Å². The number of nitrogens with one attached hydrogen (secondary N) is 1. The lowest BCUT2D eigenvalue weighted by molar-refractivity contribution is -0.383. The molecular weight excluding hydrogens is 423 g/mol. The Balaban J connectivity index is 1.86. The van der Waals surface area contributed by atoms with Gasteiger partial charge < -0.3 is 14.8 Å². The molecule has 2 aromatic carbocycles. The van der Waals surface area contributed by atoms with Crippen LogP contribution in [0.1, 0.15) is 0 Å². The highest BCUT2D eigenvalue weighted by atomic mass is 35.5. The molecule has 1 amide bonds. The third kappa shape index (κ3) is 6.28. The van der Waals surface area contributed by atoms with Crippen molar-refractivity contribution in [2.45, 2.75) is 0 Å². The van der Waals surface area contributed by atoms with Crippen LogP contribution in [0.2, 0.25) is 15.1 Å². The van der Waals surface area contributed by atoms with Gasteiger partial charge in [0.05, 0.1) is 9.95 Å². The van der Waals surface area contributed by atoms with Gasteiger partial charge in [-0.05, 0) is 30.3 Å². The summed E-state index contributed by atoms with van der Waals surface area (Å²) in [7, 11) is 0. The molecule has 8 nitrogen and oxygen atoms in total. The van der Waals surface area contributed by atoms with Gasteiger partial charge in [0.15, 0.2) is 13.2 Å². The number of nitro benzene ring substituents is 1. The summed E-state index contributed by atoms with van der Waals surface area (Å²) in [5.41, 5.74) is -0.461. The molecule has 0 saturated carbocycles. The molecule has 0 aromatic heterocycles. The quantitative estimate of drug-likeness (QED) is 0.400. The van der Waals surface area contributed by atoms with Gasteiger partial charge in [-0.1, -0.05) is 34.8 Å². The zero-order valence-electron chi connectivity index (χ0n) is 13.4. The van der Waals surface area contributed by atoms with Crippen LogP contribution in [0, 0.1) is 10.1 Å². The van der Waals surface area contributed by atoms with Gasteiger partial charge in [-0.25, -0.2) is 4.79 Å². The molecule has 0 fully saturated rings. The third-order valence-corrected chi connectivity index (χ3v) is 3.80. The van der Waals surface area contributed by atoms with Crippen molar-refractivity contribution >= 4 is 58.1 Å². The number of amides is 1. The Morgan fingerprint density at radius 2 is 1.70 bits per heavy atom. The van der Waals surface area contributed by atoms with Gasteiger partial charge in [-0.15, -0.1) is 0 Å². The first-order valence-corrected chi connectivity index (χ1v) is 8.37. The number of nitro groups is 1. The summed E-state index contributed by atoms with van der Waals surface area (Å²) in [5, 5.41) is 14.0. The summed E-state index contributed by atoms with van der Waals surface area (Å²) >= 11 is 17.4. The molecule has 2 rings (SSSR count). The number of carbonyl (C=O) groups is 2. The zero-order chi connectivity index (χ0) is 20.0. The molecule has 0 heterocycles. The van der Waals surface area contributed by atoms with Crippen molar-refractivity contribution in [3.63, 3.8) is 0 Å². The third-order valence-electron chi connectivity index (χ3n) is 3.03. The fourth-order valence-electron chi connectivity index (χ4n) is 1.87. The minimum absolute atomic E-state index is 0.113. The molecule has 11 heteroatoms. The predicted octanol–water partition coefficient (Wildman–Crippen LogP) is 4.12. The fraction of sp³-hybridized carbons (Fsp3) is 0.125. The zero-order valence-corrected chi connectivity index (χ0v) is 15.7. The summed E-state index contributed by atoms with van der Waals surface area (Å²) in [6, 6.07) is 8.12. The van der Waals surface area contributed by atoms with Gasteiger partial charge in [0.1, 0.15) is 11.4 Å². The minimum Gasteiger partial charge on any atom is -0.480 e. The normalized spacial score (nSPS) is 10.2. The van der Waals surface area contributed by atoms with Crippen molar-refractivity contribution in [2.75, 3.05) is 18.5 Å². The molecule has 0 aliphatic rings. The van der Waals surface area contributed by atoms with Crippen LogP contribution in [-0.2, 0) is 14.3 Å². The molecular formula is C16H11Cl3N2O6. The Bertz CT molecular complexity index is 890. The van der Waals surface area contributed by atoms with Crippen LogP contribution in [0.25, 0.3) is 0 Å². The highest BCUT2D eigenvalue weighted by Crippen LogP contribution is 2.28. The van der Waals surface area contributed by atoms with E-state index in [1.807, 2.05) is 0 Å². The Labute approximate surface area is 168 Å². The molecule has 0 bridgehead atoms. The molecule has 0 radical (unpaired) electrons. The Morgan fingerprint density at radius 3 is 2.37 bits per heavy atom. The molecule has 2 aromatic rings. The monoisotopic (exact) mass is 432 g/mol. The number of rotatable bonds is 7. The van der Waals surface area contributed by atoms with Crippen LogP contribution in [0.5, 0.6) is 5.75 Å². The number of halogens is 3. The lowest BCUT2D eigenvalue weighted by Crippen LogP contribution is -2.24. The Hall–Kier alpha value is -2.55. The molecule has 27 heavy (non-hydrogen) atoms. The van der Waals surface area contributed by atoms with Gasteiger partial charge in [0.2, 0.25) is 0 Å². The largest absolute Gasteiger partial charge is 0.480 e. The van der Waals surface area contributed by atoms with Crippen molar-refractivity contribution in [1.29, 1.82) is 0 Å². The average molecular weight is 434 g/mol. The molecule has 1 N–H and O–H groups in total. The first-order chi connectivity index (χ1) is 12.8. The number of carbonyl (C=O) groups excluding carboxylic acids is 2. The van der Waals surface area contributed by atoms with Crippen LogP contribution in [-0.4, -0.2) is 30.0 Å². The second-order valence-electron chi connectivity index (χ2n) is 4.99. The first kappa shape index (κ1) is 20.8. The predicted molar refractivity (Wildman–Crippen MR) is 99.7 cm³/mol. The van der Waals surface area contributed by atoms with Crippen LogP contribution in [0.15, 0.2) is 36.4 Å². The number of hydrogen-bond acceptors (Lipinski definition) is 6. The molecule has 142 valence electrons. The van der Waals surface area contributed by atoms with E-state index in [0.717, 1.165) is 6.07 Å². The maximum Gasteiger partial charge on any atom is 0.344 e. The maximum absolute atomic E-state index is 11.8. The first-order valence-electron chi connectivity index (χ1n) is 7.23. The summed E-state index contributed by atoms with van der Waals surface area (Å²) in [6.45, 7) is -1.16. The van der Waals surface area contributed by atoms with E-state index in [0.29, 0.717) is 5.02 Å². The van der Waals surface area contributed by atoms with Crippen LogP contribution >= 0.6 is 34.8 Å². The standard InChI is InChI=1S/C16H11Cl3N2O6/c17-9-2-4-14(11(19)5-9)26-8-16(23)27-7-15(22)20-12-6-10(18)1-3-13(12)21(24)25/h1-6H,7-8H2,(H,20,22). The van der Waals surface area contributed by atoms with E-state index in [2.05, 4.69) is 5.32 Å². The molecule has 0 aliphatic carbocycles. The number of hydrogen-bond donors (Lipinski definition) is 1. The van der Waals surface area contributed by atoms with Gasteiger partial charge >= 0.3 is 5.97 Å². The topological polar surface area (TPSA) is 108 Å². The van der Waals surface area contributed by atoms with E-state index in [4.69, 9.17) is 44.3 Å². The second-order valence-corrected chi connectivity index (χ2v) is 6.27. The van der Waals surface area contributed by atoms with E-state index >= 15 is 0 Å². The molecule has 0 aliphatic heterocycles. The van der Waals surface area contributed by atoms with Crippen molar-refractivity contribution < 1.29 is 24.0 Å². The molecule has 0 unspecified atom stereocenters. The fourth-order valence-corrected chi connectivity index (χ4v) is 2.51. The average Bonchev–Trinajstić information content (AvgIpc) is 2.59. The number of nitrogens with zero attached hydrogens (tertiary/aromatic N) is 1.